The first kappa shape index (κ1) is 13.8. The lowest BCUT2D eigenvalue weighted by molar-refractivity contribution is -0.147. The van der Waals surface area contributed by atoms with Crippen LogP contribution in [0.3, 0.4) is 0 Å². The average molecular weight is 268 g/mol. The maximum Gasteiger partial charge on any atom is 0.314 e. The Hall–Kier alpha value is -1.62. The Bertz CT molecular complexity index is 494. The zero-order valence-corrected chi connectivity index (χ0v) is 11.0. The van der Waals surface area contributed by atoms with Crippen LogP contribution in [0.25, 0.3) is 0 Å². The molecule has 19 heavy (non-hydrogen) atoms. The molecule has 2 rings (SSSR count). The summed E-state index contributed by atoms with van der Waals surface area (Å²) in [7, 11) is 2.87. The van der Waals surface area contributed by atoms with Crippen LogP contribution in [-0.2, 0) is 21.6 Å². The second-order valence-electron chi connectivity index (χ2n) is 4.83. The largest absolute Gasteiger partial charge is 0.493 e. The second-order valence-corrected chi connectivity index (χ2v) is 4.83. The number of hydrogen-bond donors (Lipinski definition) is 1. The monoisotopic (exact) mass is 268 g/mol. The van der Waals surface area contributed by atoms with E-state index in [0.717, 1.165) is 6.42 Å². The molecule has 0 heterocycles. The highest BCUT2D eigenvalue weighted by atomic mass is 19.1. The van der Waals surface area contributed by atoms with Crippen molar-refractivity contribution in [2.75, 3.05) is 14.2 Å². The Morgan fingerprint density at radius 1 is 1.42 bits per heavy atom. The number of aliphatic carboxylic acids is 1. The summed E-state index contributed by atoms with van der Waals surface area (Å²) >= 11 is 0. The molecule has 104 valence electrons. The molecule has 1 saturated carbocycles. The third-order valence-corrected chi connectivity index (χ3v) is 3.75. The number of ether oxygens (including phenoxy) is 2. The first-order chi connectivity index (χ1) is 9.05. The summed E-state index contributed by atoms with van der Waals surface area (Å²) in [5.41, 5.74) is 0.0137. The minimum atomic E-state index is -1.02. The first-order valence-corrected chi connectivity index (χ1v) is 6.14. The molecule has 1 N–H and O–H groups in total. The zero-order chi connectivity index (χ0) is 14.0. The molecule has 0 bridgehead atoms. The number of hydrogen-bond acceptors (Lipinski definition) is 3. The smallest absolute Gasteiger partial charge is 0.314 e. The SMILES string of the molecule is COCc1cc(F)c(OC)c(C2(C(=O)O)CCC2)c1. The molecule has 0 spiro atoms. The lowest BCUT2D eigenvalue weighted by Gasteiger charge is -2.39. The van der Waals surface area contributed by atoms with Crippen molar-refractivity contribution in [2.24, 2.45) is 0 Å². The molecule has 1 aliphatic carbocycles. The number of rotatable bonds is 5. The molecule has 1 aromatic carbocycles. The molecular weight excluding hydrogens is 251 g/mol. The van der Waals surface area contributed by atoms with E-state index in [2.05, 4.69) is 0 Å². The van der Waals surface area contributed by atoms with E-state index in [1.54, 1.807) is 6.07 Å². The summed E-state index contributed by atoms with van der Waals surface area (Å²) in [6.07, 6.45) is 1.84. The van der Waals surface area contributed by atoms with E-state index in [1.165, 1.54) is 20.3 Å². The van der Waals surface area contributed by atoms with Gasteiger partial charge in [-0.1, -0.05) is 6.42 Å². The van der Waals surface area contributed by atoms with Gasteiger partial charge in [0.25, 0.3) is 0 Å². The summed E-state index contributed by atoms with van der Waals surface area (Å²) < 4.78 is 24.1. The summed E-state index contributed by atoms with van der Waals surface area (Å²) in [5.74, 6) is -1.44. The van der Waals surface area contributed by atoms with Crippen LogP contribution in [0.2, 0.25) is 0 Å². The Kier molecular flexibility index (Phi) is 3.75. The van der Waals surface area contributed by atoms with Crippen LogP contribution in [0.4, 0.5) is 4.39 Å². The number of carboxylic acid groups (broad SMARTS) is 1. The fourth-order valence-corrected chi connectivity index (χ4v) is 2.59. The molecule has 0 aromatic heterocycles. The van der Waals surface area contributed by atoms with E-state index in [-0.39, 0.29) is 12.4 Å². The maximum atomic E-state index is 14.0. The predicted octanol–water partition coefficient (Wildman–Crippen LogP) is 2.49. The van der Waals surface area contributed by atoms with Crippen molar-refractivity contribution in [3.8, 4) is 5.75 Å². The van der Waals surface area contributed by atoms with Crippen LogP contribution < -0.4 is 4.74 Å². The normalized spacial score (nSPS) is 16.8. The van der Waals surface area contributed by atoms with Gasteiger partial charge in [-0.25, -0.2) is 4.39 Å². The van der Waals surface area contributed by atoms with Crippen molar-refractivity contribution in [3.05, 3.63) is 29.1 Å². The fraction of sp³-hybridized carbons (Fsp3) is 0.500. The Balaban J connectivity index is 2.56. The van der Waals surface area contributed by atoms with E-state index >= 15 is 0 Å². The molecule has 0 radical (unpaired) electrons. The van der Waals surface area contributed by atoms with Gasteiger partial charge in [-0.15, -0.1) is 0 Å². The van der Waals surface area contributed by atoms with Gasteiger partial charge in [-0.3, -0.25) is 4.79 Å². The molecule has 0 aliphatic heterocycles. The van der Waals surface area contributed by atoms with Crippen LogP contribution in [-0.4, -0.2) is 25.3 Å². The van der Waals surface area contributed by atoms with E-state index in [4.69, 9.17) is 9.47 Å². The van der Waals surface area contributed by atoms with E-state index in [9.17, 15) is 14.3 Å². The van der Waals surface area contributed by atoms with Crippen LogP contribution in [0, 0.1) is 5.82 Å². The Labute approximate surface area is 111 Å². The number of carbonyl (C=O) groups is 1. The highest BCUT2D eigenvalue weighted by molar-refractivity contribution is 5.83. The Morgan fingerprint density at radius 2 is 2.11 bits per heavy atom. The molecule has 1 aliphatic rings. The third kappa shape index (κ3) is 2.18. The Morgan fingerprint density at radius 3 is 2.53 bits per heavy atom. The van der Waals surface area contributed by atoms with Crippen molar-refractivity contribution < 1.29 is 23.8 Å². The fourth-order valence-electron chi connectivity index (χ4n) is 2.59. The van der Waals surface area contributed by atoms with Crippen LogP contribution in [0.5, 0.6) is 5.75 Å². The quantitative estimate of drug-likeness (QED) is 0.891. The van der Waals surface area contributed by atoms with Gasteiger partial charge >= 0.3 is 5.97 Å². The minimum absolute atomic E-state index is 0.0296. The summed E-state index contributed by atoms with van der Waals surface area (Å²) in [6.45, 7) is 0.240. The van der Waals surface area contributed by atoms with Gasteiger partial charge in [0.2, 0.25) is 0 Å². The van der Waals surface area contributed by atoms with Gasteiger partial charge in [0.15, 0.2) is 11.6 Å². The van der Waals surface area contributed by atoms with Gasteiger partial charge in [0.1, 0.15) is 0 Å². The molecule has 0 amide bonds. The van der Waals surface area contributed by atoms with Crippen molar-refractivity contribution in [1.29, 1.82) is 0 Å². The molecule has 1 fully saturated rings. The lowest BCUT2D eigenvalue weighted by Crippen LogP contribution is -2.42. The lowest BCUT2D eigenvalue weighted by atomic mass is 9.64. The average Bonchev–Trinajstić information content (AvgIpc) is 2.27. The molecule has 1 aromatic rings. The van der Waals surface area contributed by atoms with Crippen molar-refractivity contribution in [2.45, 2.75) is 31.3 Å². The number of carboxylic acids is 1. The third-order valence-electron chi connectivity index (χ3n) is 3.75. The topological polar surface area (TPSA) is 55.8 Å². The van der Waals surface area contributed by atoms with Crippen LogP contribution in [0.15, 0.2) is 12.1 Å². The standard InChI is InChI=1S/C14H17FO4/c1-18-8-9-6-10(12(19-2)11(15)7-9)14(13(16)17)4-3-5-14/h6-7H,3-5,8H2,1-2H3,(H,16,17). The van der Waals surface area contributed by atoms with Crippen molar-refractivity contribution >= 4 is 5.97 Å². The van der Waals surface area contributed by atoms with Gasteiger partial charge < -0.3 is 14.6 Å². The first-order valence-electron chi connectivity index (χ1n) is 6.14. The van der Waals surface area contributed by atoms with E-state index in [1.807, 2.05) is 0 Å². The molecule has 0 atom stereocenters. The zero-order valence-electron chi connectivity index (χ0n) is 11.0. The van der Waals surface area contributed by atoms with Gasteiger partial charge in [0, 0.05) is 12.7 Å². The molecule has 4 nitrogen and oxygen atoms in total. The number of benzene rings is 1. The summed E-state index contributed by atoms with van der Waals surface area (Å²) in [5, 5.41) is 9.46. The van der Waals surface area contributed by atoms with E-state index < -0.39 is 17.2 Å². The van der Waals surface area contributed by atoms with Gasteiger partial charge in [0.05, 0.1) is 19.1 Å². The molecule has 0 saturated heterocycles. The van der Waals surface area contributed by atoms with Crippen LogP contribution in [0.1, 0.15) is 30.4 Å². The van der Waals surface area contributed by atoms with E-state index in [0.29, 0.717) is 24.0 Å². The maximum absolute atomic E-state index is 14.0. The second kappa shape index (κ2) is 5.17. The molecular formula is C14H17FO4. The summed E-state index contributed by atoms with van der Waals surface area (Å²) in [4.78, 5) is 11.5. The van der Waals surface area contributed by atoms with Gasteiger partial charge in [-0.05, 0) is 30.5 Å². The van der Waals surface area contributed by atoms with Crippen molar-refractivity contribution in [3.63, 3.8) is 0 Å². The minimum Gasteiger partial charge on any atom is -0.493 e. The summed E-state index contributed by atoms with van der Waals surface area (Å²) in [6, 6.07) is 3.00. The van der Waals surface area contributed by atoms with Gasteiger partial charge in [-0.2, -0.15) is 0 Å². The van der Waals surface area contributed by atoms with Crippen LogP contribution >= 0.6 is 0 Å². The number of methoxy groups -OCH3 is 2. The predicted molar refractivity (Wildman–Crippen MR) is 66.8 cm³/mol. The van der Waals surface area contributed by atoms with Crippen molar-refractivity contribution in [1.82, 2.24) is 0 Å². The molecule has 5 heteroatoms. The number of halogens is 1. The highest BCUT2D eigenvalue weighted by Gasteiger charge is 2.48. The molecule has 0 unspecified atom stereocenters. The highest BCUT2D eigenvalue weighted by Crippen LogP contribution is 2.48.